The lowest BCUT2D eigenvalue weighted by Crippen LogP contribution is -2.39. The van der Waals surface area contributed by atoms with Crippen molar-refractivity contribution in [2.45, 2.75) is 38.5 Å². The Hall–Kier alpha value is -2.17. The zero-order chi connectivity index (χ0) is 15.4. The van der Waals surface area contributed by atoms with Crippen LogP contribution in [0.5, 0.6) is 0 Å². The second-order valence-corrected chi connectivity index (χ2v) is 5.98. The van der Waals surface area contributed by atoms with E-state index < -0.39 is 0 Å². The fraction of sp³-hybridized carbons (Fsp3) is 0.471. The zero-order valence-electron chi connectivity index (χ0n) is 13.0. The molecule has 2 aromatic rings. The summed E-state index contributed by atoms with van der Waals surface area (Å²) in [6, 6.07) is 7.92. The van der Waals surface area contributed by atoms with Gasteiger partial charge in [0.25, 0.3) is 0 Å². The number of aryl methyl sites for hydroxylation is 2. The normalized spacial score (nSPS) is 18.4. The molecule has 0 bridgehead atoms. The van der Waals surface area contributed by atoms with Crippen LogP contribution < -0.4 is 0 Å². The summed E-state index contributed by atoms with van der Waals surface area (Å²) in [6.45, 7) is 3.65. The summed E-state index contributed by atoms with van der Waals surface area (Å²) in [6.07, 6.45) is 5.17. The van der Waals surface area contributed by atoms with Gasteiger partial charge in [0.2, 0.25) is 5.91 Å². The van der Waals surface area contributed by atoms with Gasteiger partial charge < -0.3 is 4.90 Å². The first-order chi connectivity index (χ1) is 10.7. The Morgan fingerprint density at radius 1 is 1.45 bits per heavy atom. The van der Waals surface area contributed by atoms with E-state index in [0.717, 1.165) is 43.0 Å². The third-order valence-electron chi connectivity index (χ3n) is 4.24. The van der Waals surface area contributed by atoms with E-state index >= 15 is 0 Å². The molecule has 1 fully saturated rings. The Morgan fingerprint density at radius 3 is 3.09 bits per heavy atom. The summed E-state index contributed by atoms with van der Waals surface area (Å²) in [5.74, 6) is 0.583. The fourth-order valence-electron chi connectivity index (χ4n) is 3.03. The summed E-state index contributed by atoms with van der Waals surface area (Å²) >= 11 is 0. The molecule has 0 radical (unpaired) electrons. The first-order valence-corrected chi connectivity index (χ1v) is 7.92. The largest absolute Gasteiger partial charge is 0.342 e. The number of aromatic amines is 1. The average Bonchev–Trinajstić information content (AvgIpc) is 3.00. The Labute approximate surface area is 130 Å². The van der Waals surface area contributed by atoms with Crippen LogP contribution in [0.4, 0.5) is 0 Å². The van der Waals surface area contributed by atoms with Crippen molar-refractivity contribution in [1.29, 1.82) is 0 Å². The number of aromatic nitrogens is 3. The fourth-order valence-corrected chi connectivity index (χ4v) is 3.03. The molecule has 1 atom stereocenters. The lowest BCUT2D eigenvalue weighted by atomic mass is 9.94. The van der Waals surface area contributed by atoms with Crippen molar-refractivity contribution in [2.75, 3.05) is 13.1 Å². The number of rotatable bonds is 4. The number of piperidine rings is 1. The second-order valence-electron chi connectivity index (χ2n) is 5.98. The number of carbonyl (C=O) groups is 1. The van der Waals surface area contributed by atoms with Crippen LogP contribution >= 0.6 is 0 Å². The third-order valence-corrected chi connectivity index (χ3v) is 4.24. The lowest BCUT2D eigenvalue weighted by molar-refractivity contribution is -0.132. The van der Waals surface area contributed by atoms with Crippen LogP contribution in [0.3, 0.4) is 0 Å². The molecule has 0 spiro atoms. The molecular weight excluding hydrogens is 276 g/mol. The number of nitrogens with zero attached hydrogens (tertiary/aromatic N) is 3. The minimum Gasteiger partial charge on any atom is -0.342 e. The Balaban J connectivity index is 1.56. The highest BCUT2D eigenvalue weighted by Gasteiger charge is 2.25. The van der Waals surface area contributed by atoms with Crippen LogP contribution in [0.15, 0.2) is 30.5 Å². The van der Waals surface area contributed by atoms with Crippen molar-refractivity contribution in [1.82, 2.24) is 20.1 Å². The molecular formula is C17H22N4O. The molecule has 3 heterocycles. The van der Waals surface area contributed by atoms with E-state index in [1.165, 1.54) is 0 Å². The van der Waals surface area contributed by atoms with E-state index in [4.69, 9.17) is 0 Å². The smallest absolute Gasteiger partial charge is 0.222 e. The number of hydrogen-bond donors (Lipinski definition) is 1. The van der Waals surface area contributed by atoms with Crippen molar-refractivity contribution in [3.8, 4) is 0 Å². The Morgan fingerprint density at radius 2 is 2.36 bits per heavy atom. The molecule has 0 saturated carbocycles. The molecule has 0 aromatic carbocycles. The first-order valence-electron chi connectivity index (χ1n) is 7.92. The maximum atomic E-state index is 12.4. The van der Waals surface area contributed by atoms with E-state index in [0.29, 0.717) is 18.8 Å². The van der Waals surface area contributed by atoms with Gasteiger partial charge in [-0.05, 0) is 44.4 Å². The quantitative estimate of drug-likeness (QED) is 0.943. The van der Waals surface area contributed by atoms with Crippen LogP contribution in [0.25, 0.3) is 0 Å². The predicted octanol–water partition coefficient (Wildman–Crippen LogP) is 2.45. The van der Waals surface area contributed by atoms with Gasteiger partial charge >= 0.3 is 0 Å². The lowest BCUT2D eigenvalue weighted by Gasteiger charge is -2.32. The average molecular weight is 298 g/mol. The summed E-state index contributed by atoms with van der Waals surface area (Å²) < 4.78 is 0. The maximum Gasteiger partial charge on any atom is 0.222 e. The van der Waals surface area contributed by atoms with Gasteiger partial charge in [-0.3, -0.25) is 14.9 Å². The van der Waals surface area contributed by atoms with Gasteiger partial charge in [0.1, 0.15) is 0 Å². The third kappa shape index (κ3) is 3.53. The minimum absolute atomic E-state index is 0.225. The number of amides is 1. The number of pyridine rings is 1. The molecule has 2 aromatic heterocycles. The highest BCUT2D eigenvalue weighted by molar-refractivity contribution is 5.76. The van der Waals surface area contributed by atoms with E-state index in [9.17, 15) is 4.79 Å². The predicted molar refractivity (Wildman–Crippen MR) is 84.4 cm³/mol. The van der Waals surface area contributed by atoms with Crippen LogP contribution in [-0.4, -0.2) is 39.1 Å². The number of H-pyrrole nitrogens is 1. The van der Waals surface area contributed by atoms with E-state index in [2.05, 4.69) is 21.2 Å². The Kier molecular flexibility index (Phi) is 4.51. The number of carbonyl (C=O) groups excluding carboxylic acids is 1. The van der Waals surface area contributed by atoms with Crippen LogP contribution in [0.2, 0.25) is 0 Å². The molecule has 22 heavy (non-hydrogen) atoms. The second kappa shape index (κ2) is 6.73. The minimum atomic E-state index is 0.225. The van der Waals surface area contributed by atoms with Crippen LogP contribution in [0.1, 0.15) is 42.3 Å². The summed E-state index contributed by atoms with van der Waals surface area (Å²) in [5, 5.41) is 7.35. The molecule has 3 rings (SSSR count). The van der Waals surface area contributed by atoms with Gasteiger partial charge in [0.05, 0.1) is 5.69 Å². The monoisotopic (exact) mass is 298 g/mol. The molecule has 1 aliphatic rings. The molecule has 1 amide bonds. The molecule has 5 nitrogen and oxygen atoms in total. The molecule has 5 heteroatoms. The van der Waals surface area contributed by atoms with Gasteiger partial charge in [0.15, 0.2) is 0 Å². The molecule has 1 saturated heterocycles. The summed E-state index contributed by atoms with van der Waals surface area (Å²) in [5.41, 5.74) is 3.14. The molecule has 1 N–H and O–H groups in total. The molecule has 0 aliphatic carbocycles. The highest BCUT2D eigenvalue weighted by Crippen LogP contribution is 2.26. The van der Waals surface area contributed by atoms with Crippen LogP contribution in [0, 0.1) is 6.92 Å². The van der Waals surface area contributed by atoms with Gasteiger partial charge in [-0.2, -0.15) is 5.10 Å². The van der Waals surface area contributed by atoms with Gasteiger partial charge in [-0.15, -0.1) is 0 Å². The topological polar surface area (TPSA) is 61.9 Å². The van der Waals surface area contributed by atoms with E-state index in [1.54, 1.807) is 6.20 Å². The van der Waals surface area contributed by atoms with Crippen molar-refractivity contribution < 1.29 is 4.79 Å². The van der Waals surface area contributed by atoms with Crippen molar-refractivity contribution in [3.05, 3.63) is 47.5 Å². The standard InChI is InChI=1S/C17H22N4O/c1-13-11-16(20-19-13)14-5-4-10-21(12-14)17(22)8-7-15-6-2-3-9-18-15/h2-3,6,9,11,14H,4-5,7-8,10,12H2,1H3,(H,19,20). The van der Waals surface area contributed by atoms with Gasteiger partial charge in [-0.25, -0.2) is 0 Å². The van der Waals surface area contributed by atoms with Crippen molar-refractivity contribution in [3.63, 3.8) is 0 Å². The number of hydrogen-bond acceptors (Lipinski definition) is 3. The maximum absolute atomic E-state index is 12.4. The SMILES string of the molecule is Cc1cc(C2CCCN(C(=O)CCc3ccccn3)C2)n[nH]1. The summed E-state index contributed by atoms with van der Waals surface area (Å²) in [4.78, 5) is 18.7. The van der Waals surface area contributed by atoms with E-state index in [-0.39, 0.29) is 5.91 Å². The van der Waals surface area contributed by atoms with Crippen LogP contribution in [-0.2, 0) is 11.2 Å². The number of likely N-dealkylation sites (tertiary alicyclic amines) is 1. The molecule has 116 valence electrons. The zero-order valence-corrected chi connectivity index (χ0v) is 13.0. The number of nitrogens with one attached hydrogen (secondary N) is 1. The highest BCUT2D eigenvalue weighted by atomic mass is 16.2. The summed E-state index contributed by atoms with van der Waals surface area (Å²) in [7, 11) is 0. The molecule has 1 aliphatic heterocycles. The Bertz CT molecular complexity index is 623. The molecule has 1 unspecified atom stereocenters. The van der Waals surface area contributed by atoms with Gasteiger partial charge in [0, 0.05) is 43.0 Å². The first kappa shape index (κ1) is 14.8. The van der Waals surface area contributed by atoms with E-state index in [1.807, 2.05) is 30.0 Å². The van der Waals surface area contributed by atoms with Crippen molar-refractivity contribution >= 4 is 5.91 Å². The van der Waals surface area contributed by atoms with Gasteiger partial charge in [-0.1, -0.05) is 6.07 Å². The van der Waals surface area contributed by atoms with Crippen molar-refractivity contribution in [2.24, 2.45) is 0 Å².